The fourth-order valence-electron chi connectivity index (χ4n) is 1.66. The Kier molecular flexibility index (Phi) is 2.48. The highest BCUT2D eigenvalue weighted by Crippen LogP contribution is 2.28. The molecule has 0 amide bonds. The number of anilines is 2. The van der Waals surface area contributed by atoms with Crippen LogP contribution in [-0.4, -0.2) is 9.97 Å². The number of rotatable bonds is 1. The Morgan fingerprint density at radius 3 is 2.50 bits per heavy atom. The Balaban J connectivity index is 2.63. The first-order chi connectivity index (χ1) is 7.59. The zero-order valence-electron chi connectivity index (χ0n) is 9.36. The van der Waals surface area contributed by atoms with Crippen molar-refractivity contribution in [3.63, 3.8) is 0 Å². The zero-order chi connectivity index (χ0) is 11.7. The highest BCUT2D eigenvalue weighted by atomic mass is 15.0. The van der Waals surface area contributed by atoms with Gasteiger partial charge in [-0.2, -0.15) is 4.98 Å². The second kappa shape index (κ2) is 3.81. The van der Waals surface area contributed by atoms with E-state index in [0.29, 0.717) is 5.82 Å². The largest absolute Gasteiger partial charge is 0.383 e. The number of hydrogen-bond donors (Lipinski definition) is 2. The smallest absolute Gasteiger partial charge is 0.221 e. The molecule has 0 radical (unpaired) electrons. The maximum absolute atomic E-state index is 5.84. The lowest BCUT2D eigenvalue weighted by atomic mass is 9.98. The number of nitrogen functional groups attached to an aromatic ring is 2. The summed E-state index contributed by atoms with van der Waals surface area (Å²) in [6.07, 6.45) is 1.67. The molecule has 16 heavy (non-hydrogen) atoms. The molecule has 0 fully saturated rings. The lowest BCUT2D eigenvalue weighted by Crippen LogP contribution is -2.01. The fraction of sp³-hybridized carbons (Fsp3) is 0.167. The summed E-state index contributed by atoms with van der Waals surface area (Å²) in [7, 11) is 0. The van der Waals surface area contributed by atoms with Gasteiger partial charge in [0.1, 0.15) is 5.82 Å². The first-order valence-corrected chi connectivity index (χ1v) is 5.04. The molecule has 1 heterocycles. The molecule has 4 heteroatoms. The Hall–Kier alpha value is -2.10. The molecule has 0 atom stereocenters. The van der Waals surface area contributed by atoms with Crippen LogP contribution >= 0.6 is 0 Å². The molecule has 1 aromatic heterocycles. The van der Waals surface area contributed by atoms with Crippen molar-refractivity contribution < 1.29 is 0 Å². The Labute approximate surface area is 94.3 Å². The SMILES string of the molecule is Cc1cccc(-c2cnc(N)nc2N)c1C. The number of aryl methyl sites for hydroxylation is 1. The van der Waals surface area contributed by atoms with Crippen LogP contribution in [0.3, 0.4) is 0 Å². The molecule has 1 aromatic carbocycles. The highest BCUT2D eigenvalue weighted by molar-refractivity contribution is 5.76. The van der Waals surface area contributed by atoms with Crippen molar-refractivity contribution in [3.8, 4) is 11.1 Å². The van der Waals surface area contributed by atoms with Crippen molar-refractivity contribution in [2.45, 2.75) is 13.8 Å². The standard InChI is InChI=1S/C12H14N4/c1-7-4-3-5-9(8(7)2)10-6-15-12(14)16-11(10)13/h3-6H,1-2H3,(H4,13,14,15,16). The molecule has 4 N–H and O–H groups in total. The monoisotopic (exact) mass is 214 g/mol. The molecule has 82 valence electrons. The van der Waals surface area contributed by atoms with E-state index in [1.54, 1.807) is 6.20 Å². The Bertz CT molecular complexity index is 535. The van der Waals surface area contributed by atoms with Gasteiger partial charge in [0.25, 0.3) is 0 Å². The van der Waals surface area contributed by atoms with Gasteiger partial charge in [-0.25, -0.2) is 4.98 Å². The van der Waals surface area contributed by atoms with E-state index in [-0.39, 0.29) is 5.95 Å². The first-order valence-electron chi connectivity index (χ1n) is 5.04. The Morgan fingerprint density at radius 1 is 1.06 bits per heavy atom. The van der Waals surface area contributed by atoms with Gasteiger partial charge < -0.3 is 11.5 Å². The third-order valence-corrected chi connectivity index (χ3v) is 2.73. The summed E-state index contributed by atoms with van der Waals surface area (Å²) in [5.74, 6) is 0.618. The average Bonchev–Trinajstić information content (AvgIpc) is 2.23. The van der Waals surface area contributed by atoms with Crippen molar-refractivity contribution >= 4 is 11.8 Å². The normalized spacial score (nSPS) is 10.4. The van der Waals surface area contributed by atoms with E-state index in [1.165, 1.54) is 11.1 Å². The third-order valence-electron chi connectivity index (χ3n) is 2.73. The second-order valence-electron chi connectivity index (χ2n) is 3.77. The van der Waals surface area contributed by atoms with Crippen molar-refractivity contribution in [2.75, 3.05) is 11.5 Å². The summed E-state index contributed by atoms with van der Waals surface area (Å²) in [5, 5.41) is 0. The molecule has 0 saturated carbocycles. The van der Waals surface area contributed by atoms with Crippen LogP contribution < -0.4 is 11.5 Å². The molecule has 2 rings (SSSR count). The minimum Gasteiger partial charge on any atom is -0.383 e. The van der Waals surface area contributed by atoms with Gasteiger partial charge in [0.05, 0.1) is 0 Å². The third kappa shape index (κ3) is 1.69. The van der Waals surface area contributed by atoms with E-state index in [4.69, 9.17) is 11.5 Å². The van der Waals surface area contributed by atoms with Crippen LogP contribution in [0, 0.1) is 13.8 Å². The minimum atomic E-state index is 0.201. The molecule has 0 aliphatic carbocycles. The number of aromatic nitrogens is 2. The summed E-state index contributed by atoms with van der Waals surface area (Å²) >= 11 is 0. The quantitative estimate of drug-likeness (QED) is 0.760. The van der Waals surface area contributed by atoms with Crippen LogP contribution in [0.5, 0.6) is 0 Å². The van der Waals surface area contributed by atoms with E-state index >= 15 is 0 Å². The van der Waals surface area contributed by atoms with Gasteiger partial charge in [0, 0.05) is 11.8 Å². The van der Waals surface area contributed by atoms with E-state index in [9.17, 15) is 0 Å². The summed E-state index contributed by atoms with van der Waals surface area (Å²) in [6.45, 7) is 4.12. The second-order valence-corrected chi connectivity index (χ2v) is 3.77. The lowest BCUT2D eigenvalue weighted by Gasteiger charge is -2.10. The van der Waals surface area contributed by atoms with Gasteiger partial charge >= 0.3 is 0 Å². The molecule has 0 unspecified atom stereocenters. The number of nitrogens with two attached hydrogens (primary N) is 2. The van der Waals surface area contributed by atoms with E-state index in [0.717, 1.165) is 11.1 Å². The fourth-order valence-corrected chi connectivity index (χ4v) is 1.66. The predicted octanol–water partition coefficient (Wildman–Crippen LogP) is 1.92. The van der Waals surface area contributed by atoms with Gasteiger partial charge in [-0.05, 0) is 30.5 Å². The van der Waals surface area contributed by atoms with E-state index < -0.39 is 0 Å². The van der Waals surface area contributed by atoms with Crippen LogP contribution in [0.2, 0.25) is 0 Å². The van der Waals surface area contributed by atoms with E-state index in [2.05, 4.69) is 29.9 Å². The van der Waals surface area contributed by atoms with Crippen molar-refractivity contribution in [1.82, 2.24) is 9.97 Å². The van der Waals surface area contributed by atoms with Crippen LogP contribution in [0.1, 0.15) is 11.1 Å². The minimum absolute atomic E-state index is 0.201. The lowest BCUT2D eigenvalue weighted by molar-refractivity contribution is 1.19. The maximum atomic E-state index is 5.84. The average molecular weight is 214 g/mol. The molecule has 4 nitrogen and oxygen atoms in total. The highest BCUT2D eigenvalue weighted by Gasteiger charge is 2.08. The summed E-state index contributed by atoms with van der Waals surface area (Å²) in [5.41, 5.74) is 15.6. The van der Waals surface area contributed by atoms with Crippen molar-refractivity contribution in [3.05, 3.63) is 35.5 Å². The van der Waals surface area contributed by atoms with Gasteiger partial charge in [0.15, 0.2) is 0 Å². The van der Waals surface area contributed by atoms with Crippen LogP contribution in [0.15, 0.2) is 24.4 Å². The van der Waals surface area contributed by atoms with Crippen LogP contribution in [0.25, 0.3) is 11.1 Å². The maximum Gasteiger partial charge on any atom is 0.221 e. The molecular formula is C12H14N4. The van der Waals surface area contributed by atoms with Crippen molar-refractivity contribution in [1.29, 1.82) is 0 Å². The van der Waals surface area contributed by atoms with Gasteiger partial charge in [0.2, 0.25) is 5.95 Å². The summed E-state index contributed by atoms with van der Waals surface area (Å²) < 4.78 is 0. The number of hydrogen-bond acceptors (Lipinski definition) is 4. The number of nitrogens with zero attached hydrogens (tertiary/aromatic N) is 2. The van der Waals surface area contributed by atoms with Gasteiger partial charge in [-0.1, -0.05) is 18.2 Å². The molecular weight excluding hydrogens is 200 g/mol. The zero-order valence-corrected chi connectivity index (χ0v) is 9.36. The molecule has 2 aromatic rings. The molecule has 0 aliphatic heterocycles. The topological polar surface area (TPSA) is 77.8 Å². The summed E-state index contributed by atoms with van der Waals surface area (Å²) in [4.78, 5) is 7.94. The molecule has 0 aliphatic rings. The van der Waals surface area contributed by atoms with E-state index in [1.807, 2.05) is 12.1 Å². The Morgan fingerprint density at radius 2 is 1.81 bits per heavy atom. The molecule has 0 saturated heterocycles. The molecule has 0 bridgehead atoms. The van der Waals surface area contributed by atoms with Gasteiger partial charge in [-0.3, -0.25) is 0 Å². The van der Waals surface area contributed by atoms with Crippen LogP contribution in [0.4, 0.5) is 11.8 Å². The van der Waals surface area contributed by atoms with Gasteiger partial charge in [-0.15, -0.1) is 0 Å². The van der Waals surface area contributed by atoms with Crippen LogP contribution in [-0.2, 0) is 0 Å². The van der Waals surface area contributed by atoms with Crippen molar-refractivity contribution in [2.24, 2.45) is 0 Å². The predicted molar refractivity (Wildman–Crippen MR) is 65.8 cm³/mol. The molecule has 0 spiro atoms. The number of benzene rings is 1. The first kappa shape index (κ1) is 10.4. The summed E-state index contributed by atoms with van der Waals surface area (Å²) in [6, 6.07) is 6.06.